The number of phenols is 2. The van der Waals surface area contributed by atoms with E-state index in [0.29, 0.717) is 28.6 Å². The molecule has 202 valence electrons. The lowest BCUT2D eigenvalue weighted by atomic mass is 9.92. The summed E-state index contributed by atoms with van der Waals surface area (Å²) in [5.41, 5.74) is -2.22. The number of aromatic hydroxyl groups is 2. The minimum Gasteiger partial charge on any atom is -0.504 e. The van der Waals surface area contributed by atoms with E-state index in [1.807, 2.05) is 0 Å². The Hall–Kier alpha value is -4.00. The Balaban J connectivity index is 1.20. The van der Waals surface area contributed by atoms with Crippen LogP contribution in [0, 0.1) is 17.8 Å². The molecule has 39 heavy (non-hydrogen) atoms. The van der Waals surface area contributed by atoms with Crippen molar-refractivity contribution in [3.8, 4) is 11.5 Å². The van der Waals surface area contributed by atoms with E-state index in [0.717, 1.165) is 24.2 Å². The molecule has 3 atom stereocenters. The molecule has 2 aliphatic carbocycles. The first kappa shape index (κ1) is 25.3. The monoisotopic (exact) mass is 557 g/mol. The van der Waals surface area contributed by atoms with E-state index in [1.54, 1.807) is 0 Å². The van der Waals surface area contributed by atoms with Crippen LogP contribution in [0.1, 0.15) is 28.8 Å². The number of halogens is 3. The van der Waals surface area contributed by atoms with Gasteiger partial charge in [-0.2, -0.15) is 13.2 Å². The van der Waals surface area contributed by atoms with E-state index < -0.39 is 23.7 Å². The van der Waals surface area contributed by atoms with Crippen LogP contribution in [0.2, 0.25) is 0 Å². The maximum Gasteiger partial charge on any atom is 0.442 e. The van der Waals surface area contributed by atoms with Crippen LogP contribution in [0.3, 0.4) is 0 Å². The molecule has 1 aromatic heterocycles. The van der Waals surface area contributed by atoms with E-state index in [4.69, 9.17) is 0 Å². The summed E-state index contributed by atoms with van der Waals surface area (Å²) in [6.45, 7) is 0.0278. The molecule has 2 heterocycles. The summed E-state index contributed by atoms with van der Waals surface area (Å²) in [4.78, 5) is 32.2. The van der Waals surface area contributed by atoms with Crippen molar-refractivity contribution in [1.29, 1.82) is 0 Å². The van der Waals surface area contributed by atoms with Crippen molar-refractivity contribution in [2.24, 2.45) is 28.0 Å². The zero-order valence-electron chi connectivity index (χ0n) is 20.2. The number of hydrogen-bond donors (Lipinski definition) is 3. The molecule has 6 rings (SSSR count). The highest BCUT2D eigenvalue weighted by Gasteiger charge is 2.65. The van der Waals surface area contributed by atoms with Gasteiger partial charge in [0.15, 0.2) is 16.6 Å². The second kappa shape index (κ2) is 9.04. The first-order valence-electron chi connectivity index (χ1n) is 12.2. The molecule has 1 fully saturated rings. The summed E-state index contributed by atoms with van der Waals surface area (Å²) in [7, 11) is 0. The molecule has 0 radical (unpaired) electrons. The Labute approximate surface area is 223 Å². The lowest BCUT2D eigenvalue weighted by molar-refractivity contribution is -0.166. The predicted molar refractivity (Wildman–Crippen MR) is 135 cm³/mol. The summed E-state index contributed by atoms with van der Waals surface area (Å²) < 4.78 is 40.6. The van der Waals surface area contributed by atoms with E-state index in [9.17, 15) is 33.0 Å². The lowest BCUT2D eigenvalue weighted by Crippen LogP contribution is -2.41. The Morgan fingerprint density at radius 2 is 1.79 bits per heavy atom. The highest BCUT2D eigenvalue weighted by atomic mass is 32.1. The number of anilines is 1. The van der Waals surface area contributed by atoms with Crippen molar-refractivity contribution in [3.05, 3.63) is 59.7 Å². The van der Waals surface area contributed by atoms with Gasteiger partial charge in [0.05, 0.1) is 10.2 Å². The largest absolute Gasteiger partial charge is 0.504 e. The molecule has 3 aromatic rings. The van der Waals surface area contributed by atoms with Crippen LogP contribution in [-0.2, 0) is 10.5 Å². The van der Waals surface area contributed by atoms with Crippen LogP contribution >= 0.6 is 11.3 Å². The molecule has 1 saturated carbocycles. The zero-order valence-corrected chi connectivity index (χ0v) is 21.0. The fourth-order valence-corrected chi connectivity index (χ4v) is 6.31. The van der Waals surface area contributed by atoms with Gasteiger partial charge >= 0.3 is 11.8 Å². The van der Waals surface area contributed by atoms with E-state index in [1.165, 1.54) is 41.3 Å². The number of phenolic OH excluding ortho intramolecular Hbond substituents is 2. The molecule has 2 aromatic carbocycles. The number of carbonyl (C=O) groups is 2. The third-order valence-corrected chi connectivity index (χ3v) is 8.39. The minimum atomic E-state index is -4.67. The normalized spacial score (nSPS) is 22.4. The molecule has 1 aliphatic heterocycles. The van der Waals surface area contributed by atoms with Crippen LogP contribution in [0.25, 0.3) is 10.2 Å². The van der Waals surface area contributed by atoms with Crippen LogP contribution in [0.15, 0.2) is 58.8 Å². The number of allylic oxidation sites excluding steroid dienone is 2. The average molecular weight is 558 g/mol. The van der Waals surface area contributed by atoms with Crippen molar-refractivity contribution < 1.29 is 33.0 Å². The molecule has 3 aliphatic rings. The first-order valence-corrected chi connectivity index (χ1v) is 13.1. The predicted octanol–water partition coefficient (Wildman–Crippen LogP) is 5.18. The number of amides is 2. The molecule has 2 amide bonds. The average Bonchev–Trinajstić information content (AvgIpc) is 3.25. The number of fused-ring (bicyclic) bond motifs is 3. The number of rotatable bonds is 7. The topological polar surface area (TPSA) is 127 Å². The lowest BCUT2D eigenvalue weighted by Gasteiger charge is -2.28. The van der Waals surface area contributed by atoms with Gasteiger partial charge in [0.2, 0.25) is 5.91 Å². The molecule has 3 N–H and O–H groups in total. The molecule has 13 heteroatoms. The van der Waals surface area contributed by atoms with Gasteiger partial charge in [-0.1, -0.05) is 35.6 Å². The Bertz CT molecular complexity index is 1490. The fraction of sp³-hybridized carbons (Fsp3) is 0.346. The van der Waals surface area contributed by atoms with Crippen molar-refractivity contribution in [2.75, 3.05) is 18.4 Å². The molecule has 0 saturated heterocycles. The van der Waals surface area contributed by atoms with Gasteiger partial charge < -0.3 is 20.4 Å². The molecular weight excluding hydrogens is 535 g/mol. The maximum absolute atomic E-state index is 13.5. The fourth-order valence-electron chi connectivity index (χ4n) is 5.41. The number of alkyl halides is 3. The summed E-state index contributed by atoms with van der Waals surface area (Å²) in [5, 5.41) is 28.7. The highest BCUT2D eigenvalue weighted by Crippen LogP contribution is 2.52. The van der Waals surface area contributed by atoms with Crippen molar-refractivity contribution in [1.82, 2.24) is 9.88 Å². The third-order valence-electron chi connectivity index (χ3n) is 7.45. The SMILES string of the molecule is O=C(CN(CC1CC2C=CC1C2)C(=O)c1ccc(C2(C(F)(F)F)N=N2)cc1)Nc1nc2cc(O)c(O)cc2s1. The smallest absolute Gasteiger partial charge is 0.442 e. The van der Waals surface area contributed by atoms with Gasteiger partial charge in [-0.25, -0.2) is 4.98 Å². The molecule has 0 spiro atoms. The summed E-state index contributed by atoms with van der Waals surface area (Å²) in [6, 6.07) is 7.59. The number of thiazole rings is 1. The second-order valence-electron chi connectivity index (χ2n) is 10.0. The summed E-state index contributed by atoms with van der Waals surface area (Å²) in [6.07, 6.45) is 1.54. The van der Waals surface area contributed by atoms with Gasteiger partial charge in [0.1, 0.15) is 6.54 Å². The maximum atomic E-state index is 13.5. The van der Waals surface area contributed by atoms with Crippen LogP contribution in [-0.4, -0.2) is 51.2 Å². The number of benzene rings is 2. The Morgan fingerprint density at radius 3 is 2.41 bits per heavy atom. The van der Waals surface area contributed by atoms with Crippen LogP contribution in [0.4, 0.5) is 18.3 Å². The Kier molecular flexibility index (Phi) is 5.86. The van der Waals surface area contributed by atoms with E-state index in [-0.39, 0.29) is 40.2 Å². The van der Waals surface area contributed by atoms with E-state index in [2.05, 4.69) is 32.7 Å². The zero-order chi connectivity index (χ0) is 27.5. The number of nitrogens with zero attached hydrogens (tertiary/aromatic N) is 4. The third kappa shape index (κ3) is 4.60. The molecule has 2 bridgehead atoms. The highest BCUT2D eigenvalue weighted by molar-refractivity contribution is 7.22. The summed E-state index contributed by atoms with van der Waals surface area (Å²) >= 11 is 1.10. The van der Waals surface area contributed by atoms with E-state index >= 15 is 0 Å². The Morgan fingerprint density at radius 1 is 1.08 bits per heavy atom. The van der Waals surface area contributed by atoms with Gasteiger partial charge in [-0.15, -0.1) is 10.2 Å². The first-order chi connectivity index (χ1) is 18.5. The van der Waals surface area contributed by atoms with Gasteiger partial charge in [-0.05, 0) is 42.7 Å². The quantitative estimate of drug-likeness (QED) is 0.273. The van der Waals surface area contributed by atoms with Crippen LogP contribution < -0.4 is 5.32 Å². The summed E-state index contributed by atoms with van der Waals surface area (Å²) in [5.74, 6) is -0.695. The molecule has 9 nitrogen and oxygen atoms in total. The van der Waals surface area contributed by atoms with Crippen molar-refractivity contribution in [2.45, 2.75) is 24.7 Å². The number of nitrogens with one attached hydrogen (secondary N) is 1. The van der Waals surface area contributed by atoms with Crippen molar-refractivity contribution >= 4 is 38.5 Å². The van der Waals surface area contributed by atoms with Gasteiger partial charge in [0, 0.05) is 29.8 Å². The number of carbonyl (C=O) groups excluding carboxylic acids is 2. The molecule has 3 unspecified atom stereocenters. The molecular formula is C26H22F3N5O4S. The van der Waals surface area contributed by atoms with Gasteiger partial charge in [0.25, 0.3) is 5.91 Å². The number of hydrogen-bond acceptors (Lipinski definition) is 8. The minimum absolute atomic E-state index is 0.147. The van der Waals surface area contributed by atoms with Crippen molar-refractivity contribution in [3.63, 3.8) is 0 Å². The standard InChI is InChI=1S/C26H22F3N5O4S/c27-26(28,29)25(32-33-25)17-5-3-14(4-6-17)23(38)34(11-16-8-13-1-2-15(16)7-13)12-22(37)31-24-30-18-9-19(35)20(36)10-21(18)39-24/h1-6,9-10,13,15-16,35-36H,7-8,11-12H2,(H,30,31,37). The van der Waals surface area contributed by atoms with Crippen LogP contribution in [0.5, 0.6) is 11.5 Å². The second-order valence-corrected chi connectivity index (χ2v) is 11.1. The van der Waals surface area contributed by atoms with Gasteiger partial charge in [-0.3, -0.25) is 9.59 Å². The number of aromatic nitrogens is 1.